The van der Waals surface area contributed by atoms with Gasteiger partial charge in [0.25, 0.3) is 10.0 Å². The van der Waals surface area contributed by atoms with E-state index in [1.54, 1.807) is 18.2 Å². The van der Waals surface area contributed by atoms with Crippen molar-refractivity contribution in [2.45, 2.75) is 17.7 Å². The molecule has 2 aliphatic rings. The zero-order valence-corrected chi connectivity index (χ0v) is 15.6. The van der Waals surface area contributed by atoms with Gasteiger partial charge in [0.2, 0.25) is 0 Å². The lowest BCUT2D eigenvalue weighted by Crippen LogP contribution is -2.19. The molecule has 0 radical (unpaired) electrons. The largest absolute Gasteiger partial charge is 0.486 e. The lowest BCUT2D eigenvalue weighted by Gasteiger charge is -2.20. The average Bonchev–Trinajstić information content (AvgIpc) is 3.18. The molecule has 0 aromatic heterocycles. The Morgan fingerprint density at radius 3 is 2.46 bits per heavy atom. The van der Waals surface area contributed by atoms with Gasteiger partial charge in [-0.3, -0.25) is 4.72 Å². The molecule has 4 rings (SSSR count). The lowest BCUT2D eigenvalue weighted by atomic mass is 10.2. The summed E-state index contributed by atoms with van der Waals surface area (Å²) in [5.41, 5.74) is 1.33. The highest BCUT2D eigenvalue weighted by Gasteiger charge is 2.21. The van der Waals surface area contributed by atoms with Gasteiger partial charge < -0.3 is 14.4 Å². The van der Waals surface area contributed by atoms with E-state index in [4.69, 9.17) is 21.1 Å². The van der Waals surface area contributed by atoms with E-state index in [0.717, 1.165) is 31.6 Å². The topological polar surface area (TPSA) is 67.9 Å². The van der Waals surface area contributed by atoms with Crippen molar-refractivity contribution in [3.63, 3.8) is 0 Å². The number of sulfonamides is 1. The zero-order valence-electron chi connectivity index (χ0n) is 14.1. The second-order valence-corrected chi connectivity index (χ2v) is 8.36. The second kappa shape index (κ2) is 6.89. The van der Waals surface area contributed by atoms with Crippen molar-refractivity contribution in [3.05, 3.63) is 41.4 Å². The molecule has 1 N–H and O–H groups in total. The Bertz CT molecular complexity index is 927. The molecule has 6 nitrogen and oxygen atoms in total. The third kappa shape index (κ3) is 3.41. The maximum Gasteiger partial charge on any atom is 0.262 e. The quantitative estimate of drug-likeness (QED) is 0.859. The smallest absolute Gasteiger partial charge is 0.262 e. The maximum atomic E-state index is 12.8. The zero-order chi connectivity index (χ0) is 18.1. The Balaban J connectivity index is 1.62. The van der Waals surface area contributed by atoms with E-state index in [-0.39, 0.29) is 4.90 Å². The van der Waals surface area contributed by atoms with Gasteiger partial charge >= 0.3 is 0 Å². The summed E-state index contributed by atoms with van der Waals surface area (Å²) in [7, 11) is -3.80. The summed E-state index contributed by atoms with van der Waals surface area (Å²) in [6.07, 6.45) is 2.28. The monoisotopic (exact) mass is 394 g/mol. The fourth-order valence-corrected chi connectivity index (χ4v) is 4.46. The van der Waals surface area contributed by atoms with Gasteiger partial charge in [0.05, 0.1) is 15.6 Å². The highest BCUT2D eigenvalue weighted by Crippen LogP contribution is 2.34. The van der Waals surface area contributed by atoms with Crippen LogP contribution in [0.4, 0.5) is 11.4 Å². The van der Waals surface area contributed by atoms with E-state index in [2.05, 4.69) is 9.62 Å². The summed E-state index contributed by atoms with van der Waals surface area (Å²) in [5, 5.41) is 0.356. The number of fused-ring (bicyclic) bond motifs is 1. The van der Waals surface area contributed by atoms with Crippen LogP contribution in [0.2, 0.25) is 5.02 Å². The molecular formula is C18H19ClN2O4S. The third-order valence-corrected chi connectivity index (χ3v) is 6.18. The van der Waals surface area contributed by atoms with Gasteiger partial charge in [-0.1, -0.05) is 11.6 Å². The molecule has 2 aromatic carbocycles. The van der Waals surface area contributed by atoms with Crippen molar-refractivity contribution in [3.8, 4) is 11.5 Å². The second-order valence-electron chi connectivity index (χ2n) is 6.27. The Morgan fingerprint density at radius 2 is 1.69 bits per heavy atom. The first-order valence-electron chi connectivity index (χ1n) is 8.50. The van der Waals surface area contributed by atoms with Crippen LogP contribution in [0.3, 0.4) is 0 Å². The van der Waals surface area contributed by atoms with Crippen molar-refractivity contribution in [1.82, 2.24) is 0 Å². The number of hydrogen-bond donors (Lipinski definition) is 1. The standard InChI is InChI=1S/C18H19ClN2O4S/c19-15-5-3-13(21-7-1-2-8-21)11-16(15)20-26(22,23)14-4-6-17-18(12-14)25-10-9-24-17/h3-6,11-12,20H,1-2,7-10H2. The number of anilines is 2. The Labute approximate surface area is 157 Å². The van der Waals surface area contributed by atoms with Crippen LogP contribution in [0.5, 0.6) is 11.5 Å². The maximum absolute atomic E-state index is 12.8. The van der Waals surface area contributed by atoms with Crippen LogP contribution in [0, 0.1) is 0 Å². The molecule has 8 heteroatoms. The summed E-state index contributed by atoms with van der Waals surface area (Å²) in [6.45, 7) is 2.79. The minimum atomic E-state index is -3.80. The molecule has 0 saturated carbocycles. The number of nitrogens with one attached hydrogen (secondary N) is 1. The van der Waals surface area contributed by atoms with Crippen LogP contribution in [-0.2, 0) is 10.0 Å². The number of nitrogens with zero attached hydrogens (tertiary/aromatic N) is 1. The molecule has 1 saturated heterocycles. The third-order valence-electron chi connectivity index (χ3n) is 4.49. The first-order chi connectivity index (χ1) is 12.5. The van der Waals surface area contributed by atoms with Crippen molar-refractivity contribution in [2.24, 2.45) is 0 Å². The minimum absolute atomic E-state index is 0.101. The van der Waals surface area contributed by atoms with Crippen molar-refractivity contribution in [1.29, 1.82) is 0 Å². The Hall–Kier alpha value is -2.12. The van der Waals surface area contributed by atoms with E-state index >= 15 is 0 Å². The van der Waals surface area contributed by atoms with Gasteiger partial charge in [-0.2, -0.15) is 0 Å². The number of rotatable bonds is 4. The first-order valence-corrected chi connectivity index (χ1v) is 10.4. The van der Waals surface area contributed by atoms with Crippen LogP contribution < -0.4 is 19.1 Å². The summed E-state index contributed by atoms with van der Waals surface area (Å²) < 4.78 is 39.1. The molecule has 1 fully saturated rings. The molecule has 0 aliphatic carbocycles. The van der Waals surface area contributed by atoms with Gasteiger partial charge in [-0.15, -0.1) is 0 Å². The predicted molar refractivity (Wildman–Crippen MR) is 101 cm³/mol. The normalized spacial score (nSPS) is 16.6. The van der Waals surface area contributed by atoms with Crippen LogP contribution in [-0.4, -0.2) is 34.7 Å². The van der Waals surface area contributed by atoms with E-state index in [1.807, 2.05) is 6.07 Å². The molecule has 26 heavy (non-hydrogen) atoms. The first kappa shape index (κ1) is 17.3. The van der Waals surface area contributed by atoms with Crippen LogP contribution >= 0.6 is 11.6 Å². The van der Waals surface area contributed by atoms with E-state index in [9.17, 15) is 8.42 Å². The minimum Gasteiger partial charge on any atom is -0.486 e. The van der Waals surface area contributed by atoms with Gasteiger partial charge in [-0.25, -0.2) is 8.42 Å². The summed E-state index contributed by atoms with van der Waals surface area (Å²) >= 11 is 6.22. The molecule has 138 valence electrons. The van der Waals surface area contributed by atoms with E-state index < -0.39 is 10.0 Å². The van der Waals surface area contributed by atoms with Crippen LogP contribution in [0.25, 0.3) is 0 Å². The molecule has 2 heterocycles. The van der Waals surface area contributed by atoms with E-state index in [1.165, 1.54) is 12.1 Å². The van der Waals surface area contributed by atoms with Crippen molar-refractivity contribution in [2.75, 3.05) is 35.9 Å². The fourth-order valence-electron chi connectivity index (χ4n) is 3.16. The number of hydrogen-bond acceptors (Lipinski definition) is 5. The molecule has 0 bridgehead atoms. The lowest BCUT2D eigenvalue weighted by molar-refractivity contribution is 0.171. The van der Waals surface area contributed by atoms with Crippen LogP contribution in [0.1, 0.15) is 12.8 Å². The van der Waals surface area contributed by atoms with Gasteiger partial charge in [0.1, 0.15) is 13.2 Å². The molecule has 2 aromatic rings. The fraction of sp³-hybridized carbons (Fsp3) is 0.333. The predicted octanol–water partition coefficient (Wildman–Crippen LogP) is 3.51. The highest BCUT2D eigenvalue weighted by molar-refractivity contribution is 7.92. The van der Waals surface area contributed by atoms with Crippen LogP contribution in [0.15, 0.2) is 41.3 Å². The van der Waals surface area contributed by atoms with E-state index in [0.29, 0.717) is 35.4 Å². The number of benzene rings is 2. The van der Waals surface area contributed by atoms with Crippen molar-refractivity contribution >= 4 is 33.0 Å². The molecule has 0 spiro atoms. The molecular weight excluding hydrogens is 376 g/mol. The average molecular weight is 395 g/mol. The Morgan fingerprint density at radius 1 is 0.962 bits per heavy atom. The van der Waals surface area contributed by atoms with Gasteiger partial charge in [-0.05, 0) is 43.2 Å². The molecule has 0 atom stereocenters. The summed E-state index contributed by atoms with van der Waals surface area (Å²) in [4.78, 5) is 2.32. The molecule has 2 aliphatic heterocycles. The molecule has 0 amide bonds. The molecule has 0 unspecified atom stereocenters. The van der Waals surface area contributed by atoms with Gasteiger partial charge in [0.15, 0.2) is 11.5 Å². The summed E-state index contributed by atoms with van der Waals surface area (Å²) in [5.74, 6) is 0.973. The number of halogens is 1. The highest BCUT2D eigenvalue weighted by atomic mass is 35.5. The SMILES string of the molecule is O=S(=O)(Nc1cc(N2CCCC2)ccc1Cl)c1ccc2c(c1)OCCO2. The van der Waals surface area contributed by atoms with Crippen molar-refractivity contribution < 1.29 is 17.9 Å². The summed E-state index contributed by atoms with van der Waals surface area (Å²) in [6, 6.07) is 9.98. The van der Waals surface area contributed by atoms with Gasteiger partial charge in [0, 0.05) is 24.8 Å². The number of ether oxygens (including phenoxy) is 2. The Kier molecular flexibility index (Phi) is 4.58.